The second-order valence-corrected chi connectivity index (χ2v) is 4.88. The Bertz CT molecular complexity index is 293. The molecule has 0 radical (unpaired) electrons. The van der Waals surface area contributed by atoms with Crippen molar-refractivity contribution in [3.8, 4) is 0 Å². The molecule has 1 aromatic rings. The largest absolute Gasteiger partial charge is 0.618 e. The number of hydrogen-bond donors (Lipinski definition) is 0. The standard InChI is InChI=1S/C12H20N2O/c1-9(2)5-11-7-13-8-12(14(11)15)6-10(3)4/h7-10H,5-6H2,1-4H3. The number of aromatic nitrogens is 2. The smallest absolute Gasteiger partial charge is 0.211 e. The van der Waals surface area contributed by atoms with E-state index in [1.54, 1.807) is 12.4 Å². The van der Waals surface area contributed by atoms with Gasteiger partial charge < -0.3 is 5.21 Å². The van der Waals surface area contributed by atoms with Gasteiger partial charge in [0.1, 0.15) is 0 Å². The molecule has 0 aliphatic rings. The van der Waals surface area contributed by atoms with Crippen LogP contribution in [0.1, 0.15) is 39.1 Å². The Kier molecular flexibility index (Phi) is 4.06. The fourth-order valence-electron chi connectivity index (χ4n) is 1.61. The summed E-state index contributed by atoms with van der Waals surface area (Å²) in [5.41, 5.74) is 1.56. The van der Waals surface area contributed by atoms with Crippen molar-refractivity contribution in [1.82, 2.24) is 4.98 Å². The maximum absolute atomic E-state index is 11.9. The first kappa shape index (κ1) is 12.0. The highest BCUT2D eigenvalue weighted by atomic mass is 16.5. The molecule has 0 aromatic carbocycles. The molecular formula is C12H20N2O. The van der Waals surface area contributed by atoms with Crippen LogP contribution >= 0.6 is 0 Å². The molecule has 3 heteroatoms. The van der Waals surface area contributed by atoms with Crippen molar-refractivity contribution in [2.24, 2.45) is 11.8 Å². The first-order chi connectivity index (χ1) is 7.00. The van der Waals surface area contributed by atoms with Gasteiger partial charge >= 0.3 is 0 Å². The van der Waals surface area contributed by atoms with Crippen LogP contribution in [0.4, 0.5) is 0 Å². The molecule has 0 unspecified atom stereocenters. The Morgan fingerprint density at radius 1 is 1.07 bits per heavy atom. The molecule has 0 spiro atoms. The van der Waals surface area contributed by atoms with E-state index < -0.39 is 0 Å². The van der Waals surface area contributed by atoms with Crippen LogP contribution in [-0.4, -0.2) is 4.98 Å². The van der Waals surface area contributed by atoms with Crippen molar-refractivity contribution in [3.05, 3.63) is 29.0 Å². The zero-order valence-electron chi connectivity index (χ0n) is 10.0. The maximum Gasteiger partial charge on any atom is 0.211 e. The maximum atomic E-state index is 11.9. The lowest BCUT2D eigenvalue weighted by Gasteiger charge is -2.11. The molecule has 0 aliphatic carbocycles. The van der Waals surface area contributed by atoms with Crippen LogP contribution in [0.2, 0.25) is 0 Å². The molecule has 0 N–H and O–H groups in total. The number of rotatable bonds is 4. The second-order valence-electron chi connectivity index (χ2n) is 4.88. The average Bonchev–Trinajstić information content (AvgIpc) is 2.10. The lowest BCUT2D eigenvalue weighted by atomic mass is 10.1. The molecule has 3 nitrogen and oxygen atoms in total. The van der Waals surface area contributed by atoms with E-state index in [1.165, 1.54) is 0 Å². The number of nitrogens with zero attached hydrogens (tertiary/aromatic N) is 2. The summed E-state index contributed by atoms with van der Waals surface area (Å²) in [6.45, 7) is 8.43. The summed E-state index contributed by atoms with van der Waals surface area (Å²) in [6.07, 6.45) is 4.94. The minimum atomic E-state index is 0.487. The van der Waals surface area contributed by atoms with Crippen molar-refractivity contribution in [2.45, 2.75) is 40.5 Å². The first-order valence-corrected chi connectivity index (χ1v) is 5.56. The Balaban J connectivity index is 2.90. The van der Waals surface area contributed by atoms with Crippen LogP contribution in [-0.2, 0) is 12.8 Å². The SMILES string of the molecule is CC(C)Cc1cncc(CC(C)C)[n+]1[O-]. The Morgan fingerprint density at radius 3 is 1.80 bits per heavy atom. The van der Waals surface area contributed by atoms with Crippen LogP contribution in [0.5, 0.6) is 0 Å². The van der Waals surface area contributed by atoms with Crippen molar-refractivity contribution < 1.29 is 4.73 Å². The van der Waals surface area contributed by atoms with Gasteiger partial charge in [0.2, 0.25) is 11.4 Å². The van der Waals surface area contributed by atoms with E-state index in [2.05, 4.69) is 32.7 Å². The highest BCUT2D eigenvalue weighted by Gasteiger charge is 2.14. The van der Waals surface area contributed by atoms with Crippen molar-refractivity contribution in [3.63, 3.8) is 0 Å². The topological polar surface area (TPSA) is 39.8 Å². The van der Waals surface area contributed by atoms with Gasteiger partial charge in [-0.15, -0.1) is 0 Å². The summed E-state index contributed by atoms with van der Waals surface area (Å²) in [7, 11) is 0. The van der Waals surface area contributed by atoms with E-state index >= 15 is 0 Å². The van der Waals surface area contributed by atoms with E-state index in [0.717, 1.165) is 29.0 Å². The van der Waals surface area contributed by atoms with Crippen LogP contribution < -0.4 is 4.73 Å². The van der Waals surface area contributed by atoms with Crippen LogP contribution in [0.25, 0.3) is 0 Å². The summed E-state index contributed by atoms with van der Waals surface area (Å²) in [5.74, 6) is 0.975. The van der Waals surface area contributed by atoms with E-state index in [1.807, 2.05) is 0 Å². The predicted molar refractivity (Wildman–Crippen MR) is 60.3 cm³/mol. The molecule has 1 rings (SSSR count). The number of hydrogen-bond acceptors (Lipinski definition) is 2. The quantitative estimate of drug-likeness (QED) is 0.561. The molecule has 84 valence electrons. The van der Waals surface area contributed by atoms with Crippen LogP contribution in [0.15, 0.2) is 12.4 Å². The fraction of sp³-hybridized carbons (Fsp3) is 0.667. The monoisotopic (exact) mass is 208 g/mol. The molecular weight excluding hydrogens is 188 g/mol. The molecule has 1 aromatic heterocycles. The third-order valence-electron chi connectivity index (χ3n) is 2.20. The van der Waals surface area contributed by atoms with Crippen molar-refractivity contribution in [1.29, 1.82) is 0 Å². The minimum absolute atomic E-state index is 0.487. The molecule has 0 atom stereocenters. The van der Waals surface area contributed by atoms with Gasteiger partial charge in [0.05, 0.1) is 12.4 Å². The van der Waals surface area contributed by atoms with Crippen LogP contribution in [0, 0.1) is 17.0 Å². The van der Waals surface area contributed by atoms with Gasteiger partial charge in [-0.25, -0.2) is 0 Å². The van der Waals surface area contributed by atoms with E-state index in [4.69, 9.17) is 0 Å². The van der Waals surface area contributed by atoms with E-state index in [9.17, 15) is 5.21 Å². The third-order valence-corrected chi connectivity index (χ3v) is 2.20. The fourth-order valence-corrected chi connectivity index (χ4v) is 1.61. The molecule has 1 heterocycles. The molecule has 0 aliphatic heterocycles. The van der Waals surface area contributed by atoms with Crippen molar-refractivity contribution in [2.75, 3.05) is 0 Å². The third kappa shape index (κ3) is 3.50. The average molecular weight is 208 g/mol. The van der Waals surface area contributed by atoms with Gasteiger partial charge in [-0.2, -0.15) is 4.73 Å². The van der Waals surface area contributed by atoms with Crippen LogP contribution in [0.3, 0.4) is 0 Å². The van der Waals surface area contributed by atoms with Crippen molar-refractivity contribution >= 4 is 0 Å². The Labute approximate surface area is 91.7 Å². The zero-order chi connectivity index (χ0) is 11.4. The molecule has 0 saturated carbocycles. The molecule has 15 heavy (non-hydrogen) atoms. The summed E-state index contributed by atoms with van der Waals surface area (Å²) < 4.78 is 1.05. The highest BCUT2D eigenvalue weighted by molar-refractivity contribution is 4.96. The minimum Gasteiger partial charge on any atom is -0.618 e. The summed E-state index contributed by atoms with van der Waals surface area (Å²) in [6, 6.07) is 0. The molecule has 0 fully saturated rings. The Hall–Kier alpha value is -1.12. The van der Waals surface area contributed by atoms with E-state index in [-0.39, 0.29) is 0 Å². The lowest BCUT2D eigenvalue weighted by Crippen LogP contribution is -2.38. The zero-order valence-corrected chi connectivity index (χ0v) is 10.0. The van der Waals surface area contributed by atoms with Gasteiger partial charge in [0, 0.05) is 12.8 Å². The summed E-state index contributed by atoms with van der Waals surface area (Å²) >= 11 is 0. The lowest BCUT2D eigenvalue weighted by molar-refractivity contribution is -0.623. The molecule has 0 amide bonds. The predicted octanol–water partition coefficient (Wildman–Crippen LogP) is 2.11. The van der Waals surface area contributed by atoms with Gasteiger partial charge in [-0.3, -0.25) is 4.98 Å². The van der Waals surface area contributed by atoms with Gasteiger partial charge in [-0.05, 0) is 11.8 Å². The normalized spacial score (nSPS) is 11.3. The summed E-state index contributed by atoms with van der Waals surface area (Å²) in [5, 5.41) is 11.9. The summed E-state index contributed by atoms with van der Waals surface area (Å²) in [4.78, 5) is 4.13. The van der Waals surface area contributed by atoms with E-state index in [0.29, 0.717) is 11.8 Å². The highest BCUT2D eigenvalue weighted by Crippen LogP contribution is 2.06. The van der Waals surface area contributed by atoms with Gasteiger partial charge in [0.25, 0.3) is 0 Å². The van der Waals surface area contributed by atoms with Gasteiger partial charge in [0.15, 0.2) is 0 Å². The molecule has 0 saturated heterocycles. The second kappa shape index (κ2) is 5.10. The molecule has 0 bridgehead atoms. The Morgan fingerprint density at radius 2 is 1.47 bits per heavy atom. The van der Waals surface area contributed by atoms with Gasteiger partial charge in [-0.1, -0.05) is 27.7 Å². The first-order valence-electron chi connectivity index (χ1n) is 5.56.